The molecule has 1 aliphatic rings. The van der Waals surface area contributed by atoms with Gasteiger partial charge in [-0.3, -0.25) is 9.59 Å². The fourth-order valence-corrected chi connectivity index (χ4v) is 2.38. The van der Waals surface area contributed by atoms with Gasteiger partial charge in [-0.05, 0) is 31.0 Å². The minimum absolute atomic E-state index is 0.0607. The van der Waals surface area contributed by atoms with E-state index in [0.717, 1.165) is 18.5 Å². The summed E-state index contributed by atoms with van der Waals surface area (Å²) in [5, 5.41) is 7.73. The topological polar surface area (TPSA) is 90.5 Å². The number of likely N-dealkylation sites (N-methyl/N-ethyl adjacent to an activating group) is 1. The Morgan fingerprint density at radius 3 is 2.52 bits per heavy atom. The van der Waals surface area contributed by atoms with Crippen molar-refractivity contribution in [2.45, 2.75) is 26.3 Å². The zero-order chi connectivity index (χ0) is 16.7. The molecule has 0 atom stereocenters. The molecular weight excluding hydrogens is 296 g/mol. The summed E-state index contributed by atoms with van der Waals surface area (Å²) < 4.78 is 0. The normalized spacial score (nSPS) is 13.8. The maximum Gasteiger partial charge on any atom is 0.319 e. The predicted molar refractivity (Wildman–Crippen MR) is 86.8 cm³/mol. The monoisotopic (exact) mass is 318 g/mol. The lowest BCUT2D eigenvalue weighted by atomic mass is 10.2. The summed E-state index contributed by atoms with van der Waals surface area (Å²) in [5.41, 5.74) is 1.66. The third-order valence-electron chi connectivity index (χ3n) is 3.54. The molecule has 0 aliphatic carbocycles. The highest BCUT2D eigenvalue weighted by Gasteiger charge is 2.19. The van der Waals surface area contributed by atoms with Gasteiger partial charge in [0.15, 0.2) is 0 Å². The summed E-state index contributed by atoms with van der Waals surface area (Å²) in [6, 6.07) is 6.89. The van der Waals surface area contributed by atoms with Crippen LogP contribution in [0.2, 0.25) is 0 Å². The van der Waals surface area contributed by atoms with Gasteiger partial charge in [-0.15, -0.1) is 0 Å². The molecule has 0 radical (unpaired) electrons. The van der Waals surface area contributed by atoms with Gasteiger partial charge in [0.25, 0.3) is 0 Å². The standard InChI is InChI=1S/C16H22N4O3/c1-2-17-14(21)10-18-16(23)19-13-7-5-12(6-8-13)11-20-9-3-4-15(20)22/h5-8H,2-4,9-11H2,1H3,(H,17,21)(H2,18,19,23). The van der Waals surface area contributed by atoms with Gasteiger partial charge in [-0.1, -0.05) is 12.1 Å². The molecule has 0 saturated carbocycles. The number of urea groups is 1. The molecule has 124 valence electrons. The number of nitrogens with one attached hydrogen (secondary N) is 3. The highest BCUT2D eigenvalue weighted by Crippen LogP contribution is 2.16. The van der Waals surface area contributed by atoms with Crippen LogP contribution in [0.1, 0.15) is 25.3 Å². The predicted octanol–water partition coefficient (Wildman–Crippen LogP) is 1.07. The Kier molecular flexibility index (Phi) is 5.96. The Morgan fingerprint density at radius 1 is 1.17 bits per heavy atom. The molecule has 4 amide bonds. The van der Waals surface area contributed by atoms with Crippen LogP contribution in [0, 0.1) is 0 Å². The summed E-state index contributed by atoms with van der Waals surface area (Å²) in [5.74, 6) is -0.0368. The van der Waals surface area contributed by atoms with Crippen molar-refractivity contribution in [3.63, 3.8) is 0 Å². The average Bonchev–Trinajstić information content (AvgIpc) is 2.93. The number of nitrogens with zero attached hydrogens (tertiary/aromatic N) is 1. The van der Waals surface area contributed by atoms with Gasteiger partial charge < -0.3 is 20.9 Å². The van der Waals surface area contributed by atoms with Gasteiger partial charge in [-0.2, -0.15) is 0 Å². The molecule has 1 heterocycles. The lowest BCUT2D eigenvalue weighted by Gasteiger charge is -2.15. The molecule has 23 heavy (non-hydrogen) atoms. The zero-order valence-electron chi connectivity index (χ0n) is 13.2. The van der Waals surface area contributed by atoms with Crippen LogP contribution in [-0.2, 0) is 16.1 Å². The number of rotatable bonds is 6. The maximum absolute atomic E-state index is 11.7. The van der Waals surface area contributed by atoms with E-state index in [1.54, 1.807) is 12.1 Å². The third-order valence-corrected chi connectivity index (χ3v) is 3.54. The van der Waals surface area contributed by atoms with Crippen LogP contribution < -0.4 is 16.0 Å². The molecule has 1 fully saturated rings. The molecule has 0 unspecified atom stereocenters. The summed E-state index contributed by atoms with van der Waals surface area (Å²) in [6.07, 6.45) is 1.55. The van der Waals surface area contributed by atoms with Gasteiger partial charge in [0.2, 0.25) is 11.8 Å². The zero-order valence-corrected chi connectivity index (χ0v) is 13.2. The Hall–Kier alpha value is -2.57. The lowest BCUT2D eigenvalue weighted by Crippen LogP contribution is -2.38. The minimum atomic E-state index is -0.432. The fraction of sp³-hybridized carbons (Fsp3) is 0.438. The number of likely N-dealkylation sites (tertiary alicyclic amines) is 1. The second-order valence-electron chi connectivity index (χ2n) is 5.38. The quantitative estimate of drug-likeness (QED) is 0.733. The number of benzene rings is 1. The van der Waals surface area contributed by atoms with E-state index in [9.17, 15) is 14.4 Å². The molecule has 1 saturated heterocycles. The van der Waals surface area contributed by atoms with Gasteiger partial charge >= 0.3 is 6.03 Å². The Morgan fingerprint density at radius 2 is 1.91 bits per heavy atom. The largest absolute Gasteiger partial charge is 0.355 e. The number of amides is 4. The van der Waals surface area contributed by atoms with Crippen molar-refractivity contribution in [2.24, 2.45) is 0 Å². The molecule has 3 N–H and O–H groups in total. The number of carbonyl (C=O) groups excluding carboxylic acids is 3. The van der Waals surface area contributed by atoms with Crippen LogP contribution in [0.15, 0.2) is 24.3 Å². The Balaban J connectivity index is 1.79. The van der Waals surface area contributed by atoms with Crippen molar-refractivity contribution in [2.75, 3.05) is 25.0 Å². The maximum atomic E-state index is 11.7. The first-order valence-corrected chi connectivity index (χ1v) is 7.76. The van der Waals surface area contributed by atoms with Crippen molar-refractivity contribution in [3.8, 4) is 0 Å². The second kappa shape index (κ2) is 8.17. The number of hydrogen-bond acceptors (Lipinski definition) is 3. The SMILES string of the molecule is CCNC(=O)CNC(=O)Nc1ccc(CN2CCCC2=O)cc1. The van der Waals surface area contributed by atoms with E-state index in [2.05, 4.69) is 16.0 Å². The smallest absolute Gasteiger partial charge is 0.319 e. The van der Waals surface area contributed by atoms with E-state index >= 15 is 0 Å². The molecule has 1 aliphatic heterocycles. The highest BCUT2D eigenvalue weighted by atomic mass is 16.2. The molecule has 0 spiro atoms. The summed E-state index contributed by atoms with van der Waals surface area (Å²) in [6.45, 7) is 3.69. The van der Waals surface area contributed by atoms with Crippen LogP contribution in [-0.4, -0.2) is 42.4 Å². The van der Waals surface area contributed by atoms with Crippen molar-refractivity contribution >= 4 is 23.5 Å². The Labute approximate surface area is 135 Å². The first kappa shape index (κ1) is 16.8. The molecule has 1 aromatic carbocycles. The van der Waals surface area contributed by atoms with E-state index < -0.39 is 6.03 Å². The van der Waals surface area contributed by atoms with Gasteiger partial charge in [0.1, 0.15) is 0 Å². The summed E-state index contributed by atoms with van der Waals surface area (Å²) in [7, 11) is 0. The number of anilines is 1. The second-order valence-corrected chi connectivity index (χ2v) is 5.38. The molecule has 0 bridgehead atoms. The van der Waals surface area contributed by atoms with E-state index in [1.807, 2.05) is 24.0 Å². The van der Waals surface area contributed by atoms with Crippen LogP contribution in [0.25, 0.3) is 0 Å². The molecule has 2 rings (SSSR count). The van der Waals surface area contributed by atoms with Gasteiger partial charge in [0.05, 0.1) is 6.54 Å². The van der Waals surface area contributed by atoms with Crippen LogP contribution in [0.4, 0.5) is 10.5 Å². The third kappa shape index (κ3) is 5.28. The molecule has 0 aromatic heterocycles. The first-order valence-electron chi connectivity index (χ1n) is 7.76. The average molecular weight is 318 g/mol. The van der Waals surface area contributed by atoms with E-state index in [-0.39, 0.29) is 18.4 Å². The van der Waals surface area contributed by atoms with Crippen LogP contribution >= 0.6 is 0 Å². The molecule has 7 nitrogen and oxygen atoms in total. The summed E-state index contributed by atoms with van der Waals surface area (Å²) >= 11 is 0. The molecule has 7 heteroatoms. The van der Waals surface area contributed by atoms with Gasteiger partial charge in [0, 0.05) is 31.7 Å². The summed E-state index contributed by atoms with van der Waals surface area (Å²) in [4.78, 5) is 36.4. The lowest BCUT2D eigenvalue weighted by molar-refractivity contribution is -0.128. The molecular formula is C16H22N4O3. The minimum Gasteiger partial charge on any atom is -0.355 e. The number of carbonyl (C=O) groups is 3. The molecule has 1 aromatic rings. The fourth-order valence-electron chi connectivity index (χ4n) is 2.38. The van der Waals surface area contributed by atoms with Crippen molar-refractivity contribution in [1.82, 2.24) is 15.5 Å². The van der Waals surface area contributed by atoms with Crippen LogP contribution in [0.3, 0.4) is 0 Å². The van der Waals surface area contributed by atoms with E-state index in [1.165, 1.54) is 0 Å². The van der Waals surface area contributed by atoms with Crippen molar-refractivity contribution in [1.29, 1.82) is 0 Å². The van der Waals surface area contributed by atoms with Crippen molar-refractivity contribution < 1.29 is 14.4 Å². The van der Waals surface area contributed by atoms with Crippen LogP contribution in [0.5, 0.6) is 0 Å². The Bertz CT molecular complexity index is 571. The highest BCUT2D eigenvalue weighted by molar-refractivity contribution is 5.92. The van der Waals surface area contributed by atoms with Crippen molar-refractivity contribution in [3.05, 3.63) is 29.8 Å². The van der Waals surface area contributed by atoms with Gasteiger partial charge in [-0.25, -0.2) is 4.79 Å². The van der Waals surface area contributed by atoms with E-state index in [4.69, 9.17) is 0 Å². The number of hydrogen-bond donors (Lipinski definition) is 3. The first-order chi connectivity index (χ1) is 11.1. The van der Waals surface area contributed by atoms with E-state index in [0.29, 0.717) is 25.2 Å².